The van der Waals surface area contributed by atoms with Crippen molar-refractivity contribution in [1.82, 2.24) is 14.6 Å². The van der Waals surface area contributed by atoms with Crippen LogP contribution in [0.4, 0.5) is 22.7 Å². The first-order valence-corrected chi connectivity index (χ1v) is 12.1. The number of hydroxylamine groups is 2. The lowest BCUT2D eigenvalue weighted by atomic mass is 10.1. The van der Waals surface area contributed by atoms with Crippen LogP contribution in [0.3, 0.4) is 0 Å². The number of carboxylic acid groups (broad SMARTS) is 1. The smallest absolute Gasteiger partial charge is 0.337 e. The van der Waals surface area contributed by atoms with Crippen LogP contribution < -0.4 is 22.5 Å². The van der Waals surface area contributed by atoms with Gasteiger partial charge >= 0.3 is 11.7 Å². The van der Waals surface area contributed by atoms with E-state index in [1.54, 1.807) is 44.4 Å². The van der Waals surface area contributed by atoms with E-state index in [4.69, 9.17) is 21.4 Å². The molecule has 0 aliphatic rings. The third kappa shape index (κ3) is 7.28. The van der Waals surface area contributed by atoms with E-state index >= 15 is 0 Å². The maximum Gasteiger partial charge on any atom is 0.337 e. The fraction of sp³-hybridized carbons (Fsp3) is 0.185. The van der Waals surface area contributed by atoms with Gasteiger partial charge in [0.25, 0.3) is 11.6 Å². The van der Waals surface area contributed by atoms with E-state index in [9.17, 15) is 29.3 Å². The van der Waals surface area contributed by atoms with Gasteiger partial charge < -0.3 is 26.9 Å². The number of hydrogen-bond donors (Lipinski definition) is 5. The number of fused-ring (bicyclic) bond motifs is 1. The molecule has 42 heavy (non-hydrogen) atoms. The number of amides is 1. The SMILES string of the molecule is CC(=O)c1cccc([N+](=O)[O-])c1N.CNc1c(N)cccc1C(=O)O.CON(C)C(=O)c1cccc2[nH]c(=O)n(C)c12. The van der Waals surface area contributed by atoms with Crippen LogP contribution in [0.15, 0.2) is 59.4 Å². The molecule has 0 spiro atoms. The largest absolute Gasteiger partial charge is 0.478 e. The van der Waals surface area contributed by atoms with E-state index in [1.807, 2.05) is 0 Å². The molecule has 0 saturated carbocycles. The van der Waals surface area contributed by atoms with Crippen molar-refractivity contribution in [2.45, 2.75) is 6.92 Å². The summed E-state index contributed by atoms with van der Waals surface area (Å²) in [6.07, 6.45) is 0. The Bertz CT molecular complexity index is 1660. The van der Waals surface area contributed by atoms with Crippen molar-refractivity contribution >= 4 is 51.4 Å². The maximum atomic E-state index is 12.0. The molecule has 0 aliphatic carbocycles. The van der Waals surface area contributed by atoms with E-state index in [1.165, 1.54) is 49.9 Å². The molecule has 0 atom stereocenters. The van der Waals surface area contributed by atoms with Crippen LogP contribution in [0.25, 0.3) is 11.0 Å². The number of nitrogens with two attached hydrogens (primary N) is 2. The Morgan fingerprint density at radius 1 is 1.05 bits per heavy atom. The molecule has 222 valence electrons. The summed E-state index contributed by atoms with van der Waals surface area (Å²) < 4.78 is 1.41. The van der Waals surface area contributed by atoms with Crippen molar-refractivity contribution in [2.24, 2.45) is 7.05 Å². The molecule has 0 unspecified atom stereocenters. The molecule has 0 aliphatic heterocycles. The third-order valence-electron chi connectivity index (χ3n) is 5.94. The van der Waals surface area contributed by atoms with Crippen LogP contribution in [0.1, 0.15) is 38.0 Å². The number of nitrogens with one attached hydrogen (secondary N) is 2. The van der Waals surface area contributed by atoms with Gasteiger partial charge in [-0.3, -0.25) is 29.1 Å². The number of benzene rings is 3. The van der Waals surface area contributed by atoms with Gasteiger partial charge in [0, 0.05) is 32.8 Å². The van der Waals surface area contributed by atoms with Gasteiger partial charge in [-0.15, -0.1) is 0 Å². The number of aryl methyl sites for hydroxylation is 1. The van der Waals surface area contributed by atoms with E-state index in [2.05, 4.69) is 10.3 Å². The lowest BCUT2D eigenvalue weighted by Crippen LogP contribution is -2.26. The number of nitro benzene ring substituents is 1. The van der Waals surface area contributed by atoms with Crippen LogP contribution in [-0.2, 0) is 11.9 Å². The number of nitrogen functional groups attached to an aromatic ring is 2. The van der Waals surface area contributed by atoms with Crippen LogP contribution in [0, 0.1) is 10.1 Å². The molecule has 1 aromatic heterocycles. The number of Topliss-reactive ketones (excluding diaryl/α,β-unsaturated/α-hetero) is 1. The Morgan fingerprint density at radius 3 is 2.14 bits per heavy atom. The molecule has 1 amide bonds. The third-order valence-corrected chi connectivity index (χ3v) is 5.94. The number of carboxylic acids is 1. The number of anilines is 3. The van der Waals surface area contributed by atoms with Crippen LogP contribution in [-0.4, -0.2) is 63.5 Å². The van der Waals surface area contributed by atoms with Crippen molar-refractivity contribution in [3.05, 3.63) is 91.9 Å². The highest BCUT2D eigenvalue weighted by molar-refractivity contribution is 6.04. The average molecular weight is 582 g/mol. The van der Waals surface area contributed by atoms with Crippen molar-refractivity contribution < 1.29 is 29.3 Å². The zero-order chi connectivity index (χ0) is 31.7. The molecule has 0 bridgehead atoms. The molecule has 3 aromatic carbocycles. The summed E-state index contributed by atoms with van der Waals surface area (Å²) in [5, 5.41) is 23.0. The molecule has 4 rings (SSSR count). The number of imidazole rings is 1. The number of aromatic nitrogens is 2. The van der Waals surface area contributed by atoms with Gasteiger partial charge in [0.1, 0.15) is 5.69 Å². The molecule has 15 heteroatoms. The summed E-state index contributed by atoms with van der Waals surface area (Å²) in [6, 6.07) is 14.1. The van der Waals surface area contributed by atoms with Crippen LogP contribution in [0.5, 0.6) is 0 Å². The topological polar surface area (TPSA) is 229 Å². The number of ketones is 1. The summed E-state index contributed by atoms with van der Waals surface area (Å²) in [4.78, 5) is 62.4. The highest BCUT2D eigenvalue weighted by Gasteiger charge is 2.18. The average Bonchev–Trinajstić information content (AvgIpc) is 3.25. The highest BCUT2D eigenvalue weighted by Crippen LogP contribution is 2.25. The molecule has 15 nitrogen and oxygen atoms in total. The summed E-state index contributed by atoms with van der Waals surface area (Å²) in [5.74, 6) is -1.56. The van der Waals surface area contributed by atoms with Gasteiger partial charge in [-0.2, -0.15) is 0 Å². The number of carbonyl (C=O) groups excluding carboxylic acids is 2. The molecular formula is C27H31N7O8. The molecule has 0 radical (unpaired) electrons. The van der Waals surface area contributed by atoms with Crippen molar-refractivity contribution in [1.29, 1.82) is 0 Å². The quantitative estimate of drug-likeness (QED) is 0.0961. The molecule has 4 aromatic rings. The van der Waals surface area contributed by atoms with Crippen molar-refractivity contribution in [2.75, 3.05) is 38.0 Å². The van der Waals surface area contributed by atoms with Gasteiger partial charge in [-0.05, 0) is 37.3 Å². The number of aromatic carboxylic acids is 1. The van der Waals surface area contributed by atoms with E-state index in [0.717, 1.165) is 5.06 Å². The fourth-order valence-corrected chi connectivity index (χ4v) is 3.78. The number of H-pyrrole nitrogens is 1. The van der Waals surface area contributed by atoms with Gasteiger partial charge in [-0.25, -0.2) is 14.7 Å². The predicted octanol–water partition coefficient (Wildman–Crippen LogP) is 2.89. The number of rotatable bonds is 6. The monoisotopic (exact) mass is 581 g/mol. The zero-order valence-electron chi connectivity index (χ0n) is 23.5. The van der Waals surface area contributed by atoms with Gasteiger partial charge in [0.15, 0.2) is 5.78 Å². The Labute approximate surface area is 239 Å². The Morgan fingerprint density at radius 2 is 1.62 bits per heavy atom. The van der Waals surface area contributed by atoms with Crippen molar-refractivity contribution in [3.63, 3.8) is 0 Å². The second kappa shape index (κ2) is 14.1. The Hall–Kier alpha value is -5.70. The number of nitro groups is 1. The second-order valence-corrected chi connectivity index (χ2v) is 8.55. The minimum absolute atomic E-state index is 0.0694. The Kier molecular flexibility index (Phi) is 10.9. The first-order valence-electron chi connectivity index (χ1n) is 12.1. The van der Waals surface area contributed by atoms with Crippen LogP contribution in [0.2, 0.25) is 0 Å². The number of aromatic amines is 1. The molecule has 1 heterocycles. The highest BCUT2D eigenvalue weighted by atomic mass is 16.7. The van der Waals surface area contributed by atoms with E-state index < -0.39 is 10.9 Å². The molecular weight excluding hydrogens is 550 g/mol. The van der Waals surface area contributed by atoms with Crippen molar-refractivity contribution in [3.8, 4) is 0 Å². The molecule has 0 fully saturated rings. The number of nitrogens with zero attached hydrogens (tertiary/aromatic N) is 3. The normalized spacial score (nSPS) is 10.0. The first kappa shape index (κ1) is 32.5. The first-order chi connectivity index (χ1) is 19.8. The lowest BCUT2D eigenvalue weighted by molar-refractivity contribution is -0.383. The minimum Gasteiger partial charge on any atom is -0.478 e. The summed E-state index contributed by atoms with van der Waals surface area (Å²) in [5.41, 5.74) is 13.3. The van der Waals surface area contributed by atoms with Gasteiger partial charge in [0.2, 0.25) is 0 Å². The Balaban J connectivity index is 0.000000225. The molecule has 0 saturated heterocycles. The number of carbonyl (C=O) groups is 3. The number of para-hydroxylation sites is 3. The predicted molar refractivity (Wildman–Crippen MR) is 158 cm³/mol. The van der Waals surface area contributed by atoms with Crippen LogP contribution >= 0.6 is 0 Å². The summed E-state index contributed by atoms with van der Waals surface area (Å²) >= 11 is 0. The fourth-order valence-electron chi connectivity index (χ4n) is 3.78. The van der Waals surface area contributed by atoms with Gasteiger partial charge in [-0.1, -0.05) is 18.2 Å². The number of hydrogen-bond acceptors (Lipinski definition) is 10. The standard InChI is InChI=1S/C11H13N3O3.C8H8N2O3.C8H10N2O2/c1-13-9-7(10(15)14(2)17-3)5-4-6-8(9)12-11(13)16;1-5(11)6-3-2-4-7(8(6)9)10(12)13;1-10-7-5(8(11)12)3-2-4-6(7)9/h4-6H,1-3H3,(H,12,16);2-4H,9H2,1H3;2-4,10H,9H2,1H3,(H,11,12). The zero-order valence-corrected chi connectivity index (χ0v) is 23.5. The minimum atomic E-state index is -0.980. The maximum absolute atomic E-state index is 12.0. The second-order valence-electron chi connectivity index (χ2n) is 8.55. The summed E-state index contributed by atoms with van der Waals surface area (Å²) in [7, 11) is 6.18. The lowest BCUT2D eigenvalue weighted by Gasteiger charge is -2.14. The van der Waals surface area contributed by atoms with E-state index in [0.29, 0.717) is 28.0 Å². The van der Waals surface area contributed by atoms with E-state index in [-0.39, 0.29) is 39.9 Å². The summed E-state index contributed by atoms with van der Waals surface area (Å²) in [6.45, 7) is 1.31. The molecule has 7 N–H and O–H groups in total. The van der Waals surface area contributed by atoms with Gasteiger partial charge in [0.05, 0.1) is 45.6 Å².